The summed E-state index contributed by atoms with van der Waals surface area (Å²) in [7, 11) is -3.40. The SMILES string of the molecule is CCOc1cc2c(cc1OCC)CN(C(=O)c1cccc(NS(C)(=O)=O)c1)CC2. The van der Waals surface area contributed by atoms with E-state index >= 15 is 0 Å². The lowest BCUT2D eigenvalue weighted by molar-refractivity contribution is 0.0734. The van der Waals surface area contributed by atoms with E-state index in [9.17, 15) is 13.2 Å². The minimum Gasteiger partial charge on any atom is -0.490 e. The molecule has 0 unspecified atom stereocenters. The first-order valence-electron chi connectivity index (χ1n) is 9.59. The fourth-order valence-corrected chi connectivity index (χ4v) is 3.94. The highest BCUT2D eigenvalue weighted by Gasteiger charge is 2.24. The monoisotopic (exact) mass is 418 g/mol. The molecule has 0 aromatic heterocycles. The second-order valence-corrected chi connectivity index (χ2v) is 8.61. The Hall–Kier alpha value is -2.74. The highest BCUT2D eigenvalue weighted by Crippen LogP contribution is 2.34. The number of benzene rings is 2. The van der Waals surface area contributed by atoms with Gasteiger partial charge in [-0.2, -0.15) is 0 Å². The first-order chi connectivity index (χ1) is 13.8. The van der Waals surface area contributed by atoms with Crippen molar-refractivity contribution < 1.29 is 22.7 Å². The Kier molecular flexibility index (Phi) is 6.32. The first-order valence-corrected chi connectivity index (χ1v) is 11.5. The maximum atomic E-state index is 13.0. The van der Waals surface area contributed by atoms with Gasteiger partial charge in [-0.05, 0) is 61.7 Å². The number of carbonyl (C=O) groups excluding carboxylic acids is 1. The van der Waals surface area contributed by atoms with Crippen LogP contribution in [0.1, 0.15) is 35.3 Å². The fraction of sp³-hybridized carbons (Fsp3) is 0.381. The summed E-state index contributed by atoms with van der Waals surface area (Å²) in [4.78, 5) is 14.8. The summed E-state index contributed by atoms with van der Waals surface area (Å²) in [5.74, 6) is 1.27. The Bertz CT molecular complexity index is 1000. The van der Waals surface area contributed by atoms with Crippen LogP contribution in [0.15, 0.2) is 36.4 Å². The summed E-state index contributed by atoms with van der Waals surface area (Å²) in [5.41, 5.74) is 2.99. The van der Waals surface area contributed by atoms with Gasteiger partial charge in [0.15, 0.2) is 11.5 Å². The van der Waals surface area contributed by atoms with Crippen molar-refractivity contribution in [3.63, 3.8) is 0 Å². The number of nitrogens with zero attached hydrogens (tertiary/aromatic N) is 1. The van der Waals surface area contributed by atoms with E-state index in [0.29, 0.717) is 43.3 Å². The van der Waals surface area contributed by atoms with Crippen LogP contribution < -0.4 is 14.2 Å². The number of anilines is 1. The van der Waals surface area contributed by atoms with Crippen LogP contribution in [0.2, 0.25) is 0 Å². The molecule has 0 bridgehead atoms. The standard InChI is InChI=1S/C21H26N2O5S/c1-4-27-19-12-15-9-10-23(14-17(15)13-20(19)28-5-2)21(24)16-7-6-8-18(11-16)22-29(3,25)26/h6-8,11-13,22H,4-5,9-10,14H2,1-3H3. The van der Waals surface area contributed by atoms with Crippen molar-refractivity contribution in [1.82, 2.24) is 4.90 Å². The maximum Gasteiger partial charge on any atom is 0.254 e. The van der Waals surface area contributed by atoms with Gasteiger partial charge in [0, 0.05) is 24.3 Å². The molecule has 0 radical (unpaired) electrons. The molecule has 7 nitrogen and oxygen atoms in total. The van der Waals surface area contributed by atoms with E-state index in [2.05, 4.69) is 4.72 Å². The smallest absolute Gasteiger partial charge is 0.254 e. The summed E-state index contributed by atoms with van der Waals surface area (Å²) < 4.78 is 36.7. The first kappa shape index (κ1) is 21.0. The van der Waals surface area contributed by atoms with Crippen LogP contribution in [-0.2, 0) is 23.0 Å². The van der Waals surface area contributed by atoms with Crippen LogP contribution in [0.5, 0.6) is 11.5 Å². The fourth-order valence-electron chi connectivity index (χ4n) is 3.39. The molecule has 0 atom stereocenters. The number of hydrogen-bond donors (Lipinski definition) is 1. The molecule has 1 amide bonds. The summed E-state index contributed by atoms with van der Waals surface area (Å²) in [6.07, 6.45) is 1.80. The quantitative estimate of drug-likeness (QED) is 0.747. The van der Waals surface area contributed by atoms with Crippen molar-refractivity contribution in [1.29, 1.82) is 0 Å². The van der Waals surface area contributed by atoms with E-state index in [-0.39, 0.29) is 5.91 Å². The highest BCUT2D eigenvalue weighted by atomic mass is 32.2. The number of sulfonamides is 1. The number of rotatable bonds is 7. The van der Waals surface area contributed by atoms with Gasteiger partial charge >= 0.3 is 0 Å². The van der Waals surface area contributed by atoms with Crippen molar-refractivity contribution in [2.24, 2.45) is 0 Å². The van der Waals surface area contributed by atoms with Gasteiger partial charge in [0.1, 0.15) is 0 Å². The van der Waals surface area contributed by atoms with Crippen LogP contribution in [-0.4, -0.2) is 45.2 Å². The number of nitrogens with one attached hydrogen (secondary N) is 1. The second-order valence-electron chi connectivity index (χ2n) is 6.87. The zero-order valence-electron chi connectivity index (χ0n) is 16.9. The Balaban J connectivity index is 1.82. The molecule has 1 N–H and O–H groups in total. The van der Waals surface area contributed by atoms with Crippen LogP contribution >= 0.6 is 0 Å². The summed E-state index contributed by atoms with van der Waals surface area (Å²) >= 11 is 0. The topological polar surface area (TPSA) is 84.9 Å². The molecule has 1 aliphatic rings. The van der Waals surface area contributed by atoms with Crippen molar-refractivity contribution in [3.8, 4) is 11.5 Å². The molecule has 0 fully saturated rings. The number of hydrogen-bond acceptors (Lipinski definition) is 5. The third kappa shape index (κ3) is 5.20. The Morgan fingerprint density at radius 1 is 1.07 bits per heavy atom. The van der Waals surface area contributed by atoms with Crippen LogP contribution in [0.4, 0.5) is 5.69 Å². The van der Waals surface area contributed by atoms with E-state index < -0.39 is 10.0 Å². The van der Waals surface area contributed by atoms with E-state index in [1.807, 2.05) is 26.0 Å². The average Bonchev–Trinajstić information content (AvgIpc) is 2.67. The van der Waals surface area contributed by atoms with Crippen molar-refractivity contribution in [2.45, 2.75) is 26.8 Å². The number of amides is 1. The second kappa shape index (κ2) is 8.73. The molecule has 29 heavy (non-hydrogen) atoms. The molecule has 1 aliphatic heterocycles. The lowest BCUT2D eigenvalue weighted by Gasteiger charge is -2.30. The zero-order valence-corrected chi connectivity index (χ0v) is 17.7. The largest absolute Gasteiger partial charge is 0.490 e. The molecule has 2 aromatic rings. The third-order valence-electron chi connectivity index (χ3n) is 4.58. The normalized spacial score (nSPS) is 13.6. The van der Waals surface area contributed by atoms with Gasteiger partial charge in [-0.3, -0.25) is 9.52 Å². The number of fused-ring (bicyclic) bond motifs is 1. The molecular weight excluding hydrogens is 392 g/mol. The van der Waals surface area contributed by atoms with Crippen LogP contribution in [0, 0.1) is 0 Å². The highest BCUT2D eigenvalue weighted by molar-refractivity contribution is 7.92. The van der Waals surface area contributed by atoms with Gasteiger partial charge in [0.2, 0.25) is 10.0 Å². The molecule has 2 aromatic carbocycles. The van der Waals surface area contributed by atoms with Gasteiger partial charge in [-0.15, -0.1) is 0 Å². The maximum absolute atomic E-state index is 13.0. The lowest BCUT2D eigenvalue weighted by Crippen LogP contribution is -2.36. The van der Waals surface area contributed by atoms with E-state index in [0.717, 1.165) is 29.6 Å². The molecule has 0 spiro atoms. The van der Waals surface area contributed by atoms with E-state index in [1.54, 1.807) is 29.2 Å². The molecule has 156 valence electrons. The van der Waals surface area contributed by atoms with Gasteiger partial charge < -0.3 is 14.4 Å². The average molecular weight is 419 g/mol. The van der Waals surface area contributed by atoms with E-state index in [4.69, 9.17) is 9.47 Å². The summed E-state index contributed by atoms with van der Waals surface area (Å²) in [5, 5.41) is 0. The number of carbonyl (C=O) groups is 1. The Morgan fingerprint density at radius 3 is 2.34 bits per heavy atom. The summed E-state index contributed by atoms with van der Waals surface area (Å²) in [6, 6.07) is 10.5. The predicted octanol–water partition coefficient (Wildman–Crippen LogP) is 3.05. The molecule has 0 saturated heterocycles. The number of ether oxygens (including phenoxy) is 2. The summed E-state index contributed by atoms with van der Waals surface area (Å²) in [6.45, 7) is 5.98. The predicted molar refractivity (Wildman–Crippen MR) is 112 cm³/mol. The van der Waals surface area contributed by atoms with Gasteiger partial charge in [0.25, 0.3) is 5.91 Å². The van der Waals surface area contributed by atoms with Crippen LogP contribution in [0.3, 0.4) is 0 Å². The van der Waals surface area contributed by atoms with Crippen LogP contribution in [0.25, 0.3) is 0 Å². The lowest BCUT2D eigenvalue weighted by atomic mass is 9.98. The minimum absolute atomic E-state index is 0.139. The molecule has 3 rings (SSSR count). The third-order valence-corrected chi connectivity index (χ3v) is 5.18. The van der Waals surface area contributed by atoms with Gasteiger partial charge in [0.05, 0.1) is 19.5 Å². The molecule has 1 heterocycles. The van der Waals surface area contributed by atoms with Gasteiger partial charge in [-0.25, -0.2) is 8.42 Å². The van der Waals surface area contributed by atoms with Gasteiger partial charge in [-0.1, -0.05) is 6.07 Å². The van der Waals surface area contributed by atoms with E-state index in [1.165, 1.54) is 0 Å². The van der Waals surface area contributed by atoms with Crippen molar-refractivity contribution >= 4 is 21.6 Å². The Labute approximate surface area is 171 Å². The van der Waals surface area contributed by atoms with Crippen molar-refractivity contribution in [3.05, 3.63) is 53.1 Å². The zero-order chi connectivity index (χ0) is 21.0. The molecule has 0 saturated carbocycles. The molecule has 8 heteroatoms. The molecular formula is C21H26N2O5S. The van der Waals surface area contributed by atoms with Crippen molar-refractivity contribution in [2.75, 3.05) is 30.7 Å². The molecule has 0 aliphatic carbocycles. The Morgan fingerprint density at radius 2 is 1.72 bits per heavy atom. The minimum atomic E-state index is -3.40.